The van der Waals surface area contributed by atoms with E-state index in [2.05, 4.69) is 15.3 Å². The number of nitrogens with one attached hydrogen (secondary N) is 1. The smallest absolute Gasteiger partial charge is 0.148 e. The van der Waals surface area contributed by atoms with Gasteiger partial charge in [-0.1, -0.05) is 11.6 Å². The summed E-state index contributed by atoms with van der Waals surface area (Å²) >= 11 is 5.72. The fourth-order valence-corrected chi connectivity index (χ4v) is 0.863. The number of rotatable bonds is 2. The molecule has 0 amide bonds. The molecule has 3 N–H and O–H groups in total. The highest BCUT2D eigenvalue weighted by atomic mass is 35.5. The van der Waals surface area contributed by atoms with E-state index in [4.69, 9.17) is 17.3 Å². The second-order valence-electron chi connectivity index (χ2n) is 1.94. The normalized spacial score (nSPS) is 9.73. The lowest BCUT2D eigenvalue weighted by molar-refractivity contribution is 0.911. The largest absolute Gasteiger partial charge is 0.372 e. The highest BCUT2D eigenvalue weighted by Gasteiger charge is 2.00. The molecule has 0 bridgehead atoms. The maximum Gasteiger partial charge on any atom is 0.148 e. The number of aromatic nitrogens is 2. The summed E-state index contributed by atoms with van der Waals surface area (Å²) in [6.07, 6.45) is 1.53. The van der Waals surface area contributed by atoms with Gasteiger partial charge in [-0.05, 0) is 0 Å². The van der Waals surface area contributed by atoms with Gasteiger partial charge in [-0.3, -0.25) is 0 Å². The van der Waals surface area contributed by atoms with Crippen LogP contribution in [0.3, 0.4) is 0 Å². The average Bonchev–Trinajstić information content (AvgIpc) is 2.05. The second-order valence-corrected chi connectivity index (χ2v) is 2.34. The first kappa shape index (κ1) is 8.23. The van der Waals surface area contributed by atoms with Crippen LogP contribution in [0.1, 0.15) is 5.82 Å². The van der Waals surface area contributed by atoms with E-state index in [-0.39, 0.29) is 0 Å². The summed E-state index contributed by atoms with van der Waals surface area (Å²) in [5, 5.41) is 3.34. The lowest BCUT2D eigenvalue weighted by atomic mass is 10.5. The number of hydrogen-bond acceptors (Lipinski definition) is 4. The number of nitrogens with zero attached hydrogens (tertiary/aromatic N) is 2. The zero-order valence-corrected chi connectivity index (χ0v) is 6.89. The van der Waals surface area contributed by atoms with Crippen LogP contribution in [0, 0.1) is 0 Å². The fourth-order valence-electron chi connectivity index (χ4n) is 0.677. The van der Waals surface area contributed by atoms with E-state index in [0.717, 1.165) is 0 Å². The first-order valence-corrected chi connectivity index (χ1v) is 3.55. The highest BCUT2D eigenvalue weighted by molar-refractivity contribution is 6.32. The molecule has 4 nitrogen and oxygen atoms in total. The third kappa shape index (κ3) is 1.78. The van der Waals surface area contributed by atoms with Crippen LogP contribution in [0.5, 0.6) is 0 Å². The molecule has 0 atom stereocenters. The molecule has 0 aromatic carbocycles. The van der Waals surface area contributed by atoms with Gasteiger partial charge in [0, 0.05) is 7.05 Å². The molecule has 0 saturated heterocycles. The first-order valence-electron chi connectivity index (χ1n) is 3.17. The Hall–Kier alpha value is -0.870. The van der Waals surface area contributed by atoms with E-state index >= 15 is 0 Å². The minimum Gasteiger partial charge on any atom is -0.372 e. The molecular formula is C6H9ClN4. The Bertz CT molecular complexity index is 250. The van der Waals surface area contributed by atoms with E-state index in [1.54, 1.807) is 7.05 Å². The molecule has 0 aliphatic heterocycles. The van der Waals surface area contributed by atoms with Gasteiger partial charge in [0.1, 0.15) is 16.7 Å². The van der Waals surface area contributed by atoms with Gasteiger partial charge in [-0.25, -0.2) is 9.97 Å². The number of anilines is 1. The standard InChI is InChI=1S/C6H9ClN4/c1-9-6-4(7)3-10-5(2-8)11-6/h3H,2,8H2,1H3,(H,9,10,11). The zero-order valence-electron chi connectivity index (χ0n) is 6.13. The van der Waals surface area contributed by atoms with Crippen molar-refractivity contribution in [3.8, 4) is 0 Å². The molecule has 0 aliphatic rings. The van der Waals surface area contributed by atoms with Crippen molar-refractivity contribution in [2.24, 2.45) is 5.73 Å². The summed E-state index contributed by atoms with van der Waals surface area (Å²) in [4.78, 5) is 7.93. The minimum absolute atomic E-state index is 0.325. The van der Waals surface area contributed by atoms with Gasteiger partial charge in [0.05, 0.1) is 12.7 Å². The first-order chi connectivity index (χ1) is 5.27. The predicted molar refractivity (Wildman–Crippen MR) is 44.5 cm³/mol. The Balaban J connectivity index is 3.02. The van der Waals surface area contributed by atoms with Crippen LogP contribution in [-0.4, -0.2) is 17.0 Å². The van der Waals surface area contributed by atoms with Crippen molar-refractivity contribution < 1.29 is 0 Å². The molecule has 1 aromatic heterocycles. The van der Waals surface area contributed by atoms with Gasteiger partial charge in [0.25, 0.3) is 0 Å². The van der Waals surface area contributed by atoms with E-state index in [0.29, 0.717) is 23.2 Å². The summed E-state index contributed by atoms with van der Waals surface area (Å²) < 4.78 is 0. The van der Waals surface area contributed by atoms with Gasteiger partial charge >= 0.3 is 0 Å². The molecule has 60 valence electrons. The van der Waals surface area contributed by atoms with Gasteiger partial charge in [-0.15, -0.1) is 0 Å². The maximum atomic E-state index is 5.72. The SMILES string of the molecule is CNc1nc(CN)ncc1Cl. The fraction of sp³-hybridized carbons (Fsp3) is 0.333. The Labute approximate surface area is 69.8 Å². The lowest BCUT2D eigenvalue weighted by Gasteiger charge is -2.02. The molecule has 1 heterocycles. The molecule has 11 heavy (non-hydrogen) atoms. The Morgan fingerprint density at radius 2 is 2.45 bits per heavy atom. The van der Waals surface area contributed by atoms with Crippen molar-refractivity contribution in [1.29, 1.82) is 0 Å². The number of hydrogen-bond donors (Lipinski definition) is 2. The third-order valence-corrected chi connectivity index (χ3v) is 1.49. The van der Waals surface area contributed by atoms with Crippen LogP contribution in [0.2, 0.25) is 5.02 Å². The summed E-state index contributed by atoms with van der Waals surface area (Å²) in [7, 11) is 1.74. The summed E-state index contributed by atoms with van der Waals surface area (Å²) in [6.45, 7) is 0.325. The number of nitrogens with two attached hydrogens (primary N) is 1. The van der Waals surface area contributed by atoms with Crippen molar-refractivity contribution in [2.45, 2.75) is 6.54 Å². The van der Waals surface area contributed by atoms with Crippen LogP contribution in [0.4, 0.5) is 5.82 Å². The molecule has 0 saturated carbocycles. The Kier molecular flexibility index (Phi) is 2.62. The van der Waals surface area contributed by atoms with E-state index in [9.17, 15) is 0 Å². The van der Waals surface area contributed by atoms with Crippen LogP contribution in [0.25, 0.3) is 0 Å². The molecule has 5 heteroatoms. The molecule has 1 aromatic rings. The molecule has 0 radical (unpaired) electrons. The monoisotopic (exact) mass is 172 g/mol. The van der Waals surface area contributed by atoms with E-state index in [1.807, 2.05) is 0 Å². The summed E-state index contributed by atoms with van der Waals surface area (Å²) in [5.74, 6) is 1.20. The van der Waals surface area contributed by atoms with Gasteiger partial charge in [-0.2, -0.15) is 0 Å². The second kappa shape index (κ2) is 3.50. The molecule has 0 unspecified atom stereocenters. The molecule has 0 aliphatic carbocycles. The quantitative estimate of drug-likeness (QED) is 0.687. The van der Waals surface area contributed by atoms with Crippen molar-refractivity contribution in [2.75, 3.05) is 12.4 Å². The van der Waals surface area contributed by atoms with Crippen molar-refractivity contribution >= 4 is 17.4 Å². The van der Waals surface area contributed by atoms with E-state index in [1.165, 1.54) is 6.20 Å². The van der Waals surface area contributed by atoms with Crippen molar-refractivity contribution in [3.05, 3.63) is 17.0 Å². The summed E-state index contributed by atoms with van der Waals surface area (Å²) in [6, 6.07) is 0. The van der Waals surface area contributed by atoms with Crippen molar-refractivity contribution in [3.63, 3.8) is 0 Å². The Morgan fingerprint density at radius 1 is 1.73 bits per heavy atom. The third-order valence-electron chi connectivity index (χ3n) is 1.21. The van der Waals surface area contributed by atoms with Crippen LogP contribution in [0.15, 0.2) is 6.20 Å². The van der Waals surface area contributed by atoms with Gasteiger partial charge in [0.2, 0.25) is 0 Å². The number of halogens is 1. The highest BCUT2D eigenvalue weighted by Crippen LogP contribution is 2.16. The van der Waals surface area contributed by atoms with Gasteiger partial charge < -0.3 is 11.1 Å². The van der Waals surface area contributed by atoms with Crippen molar-refractivity contribution in [1.82, 2.24) is 9.97 Å². The molecule has 0 spiro atoms. The predicted octanol–water partition coefficient (Wildman–Crippen LogP) is 0.630. The van der Waals surface area contributed by atoms with E-state index < -0.39 is 0 Å². The van der Waals surface area contributed by atoms with Crippen LogP contribution >= 0.6 is 11.6 Å². The zero-order chi connectivity index (χ0) is 8.27. The molecule has 0 fully saturated rings. The van der Waals surface area contributed by atoms with Gasteiger partial charge in [0.15, 0.2) is 0 Å². The van der Waals surface area contributed by atoms with Crippen LogP contribution < -0.4 is 11.1 Å². The topological polar surface area (TPSA) is 63.8 Å². The van der Waals surface area contributed by atoms with Crippen LogP contribution in [-0.2, 0) is 6.54 Å². The average molecular weight is 173 g/mol. The molecular weight excluding hydrogens is 164 g/mol. The minimum atomic E-state index is 0.325. The lowest BCUT2D eigenvalue weighted by Crippen LogP contribution is -2.05. The Morgan fingerprint density at radius 3 is 3.00 bits per heavy atom. The maximum absolute atomic E-state index is 5.72. The summed E-state index contributed by atoms with van der Waals surface area (Å²) in [5.41, 5.74) is 5.33. The molecule has 1 rings (SSSR count).